The monoisotopic (exact) mass is 359 g/mol. The third-order valence-electron chi connectivity index (χ3n) is 3.42. The third-order valence-corrected chi connectivity index (χ3v) is 3.42. The second-order valence-corrected chi connectivity index (χ2v) is 7.55. The van der Waals surface area contributed by atoms with Crippen molar-refractivity contribution >= 4 is 21.2 Å². The smallest absolute Gasteiger partial charge is 0.0627 e. The highest BCUT2D eigenvalue weighted by Crippen LogP contribution is 2.20. The number of nitrogens with zero attached hydrogens (tertiary/aromatic N) is 2. The van der Waals surface area contributed by atoms with E-state index >= 15 is 0 Å². The van der Waals surface area contributed by atoms with Crippen LogP contribution in [0.3, 0.4) is 0 Å². The molecule has 0 aromatic carbocycles. The normalized spacial score (nSPS) is 11.7. The summed E-state index contributed by atoms with van der Waals surface area (Å²) in [5.74, 6) is 0. The van der Waals surface area contributed by atoms with Crippen LogP contribution in [0.15, 0.2) is 10.1 Å². The Morgan fingerprint density at radius 1 is 0.917 bits per heavy atom. The Balaban J connectivity index is 0. The fraction of sp³-hybridized carbons (Fsp3) is 0.889. The number of ether oxygens (including phenoxy) is 2. The molecule has 6 heteroatoms. The summed E-state index contributed by atoms with van der Waals surface area (Å²) < 4.78 is 11.8. The molecule has 0 heterocycles. The van der Waals surface area contributed by atoms with Gasteiger partial charge in [0.05, 0.1) is 17.7 Å². The lowest BCUT2D eigenvalue weighted by Gasteiger charge is -2.28. The van der Waals surface area contributed by atoms with Crippen molar-refractivity contribution in [3.8, 4) is 0 Å². The minimum Gasteiger partial charge on any atom is -0.376 e. The molecule has 0 rings (SSSR count). The van der Waals surface area contributed by atoms with Gasteiger partial charge in [-0.2, -0.15) is 5.11 Å². The summed E-state index contributed by atoms with van der Waals surface area (Å²) in [5, 5.41) is 3.38. The average Bonchev–Trinajstić information content (AvgIpc) is 2.49. The van der Waals surface area contributed by atoms with Gasteiger partial charge in [-0.25, -0.2) is 5.53 Å². The maximum absolute atomic E-state index is 6.79. The number of nitrogens with one attached hydrogen (secondary N) is 1. The molecule has 142 valence electrons. The largest absolute Gasteiger partial charge is 0.376 e. The third kappa shape index (κ3) is 19.4. The molecule has 0 saturated carbocycles. The molecule has 0 spiro atoms. The molecule has 0 aliphatic carbocycles. The highest BCUT2D eigenvalue weighted by atomic mass is 31.1. The van der Waals surface area contributed by atoms with Crippen molar-refractivity contribution in [2.45, 2.75) is 71.0 Å². The van der Waals surface area contributed by atoms with Crippen molar-refractivity contribution in [1.29, 1.82) is 5.53 Å². The van der Waals surface area contributed by atoms with Gasteiger partial charge in [0.2, 0.25) is 0 Å². The first-order valence-electron chi connectivity index (χ1n) is 8.63. The number of hydrogen-bond acceptors (Lipinski definition) is 5. The van der Waals surface area contributed by atoms with Gasteiger partial charge in [-0.1, -0.05) is 6.30 Å². The zero-order valence-electron chi connectivity index (χ0n) is 16.4. The van der Waals surface area contributed by atoms with E-state index in [0.717, 1.165) is 51.9 Å². The van der Waals surface area contributed by atoms with E-state index in [-0.39, 0.29) is 11.2 Å². The van der Waals surface area contributed by atoms with E-state index in [0.29, 0.717) is 6.54 Å². The van der Waals surface area contributed by atoms with Crippen LogP contribution in [-0.4, -0.2) is 57.2 Å². The van der Waals surface area contributed by atoms with Crippen molar-refractivity contribution in [1.82, 2.24) is 0 Å². The summed E-state index contributed by atoms with van der Waals surface area (Å²) in [6, 6.07) is 0. The Labute approximate surface area is 150 Å². The van der Waals surface area contributed by atoms with Gasteiger partial charge >= 0.3 is 0 Å². The maximum atomic E-state index is 6.79. The van der Waals surface area contributed by atoms with E-state index < -0.39 is 0 Å². The van der Waals surface area contributed by atoms with Gasteiger partial charge in [0.15, 0.2) is 0 Å². The summed E-state index contributed by atoms with van der Waals surface area (Å²) in [4.78, 5) is 3.82. The van der Waals surface area contributed by atoms with E-state index in [1.807, 2.05) is 6.66 Å². The van der Waals surface area contributed by atoms with Gasteiger partial charge in [0, 0.05) is 19.8 Å². The zero-order chi connectivity index (χ0) is 18.9. The van der Waals surface area contributed by atoms with Crippen LogP contribution < -0.4 is 0 Å². The van der Waals surface area contributed by atoms with Crippen LogP contribution >= 0.6 is 8.20 Å². The SMILES string of the molecule is C=NCCCOC(C)(C)CCCOC(C)(C)CCCN=N.C=PC. The average molecular weight is 359 g/mol. The van der Waals surface area contributed by atoms with Crippen LogP contribution in [0.4, 0.5) is 0 Å². The standard InChI is InChI=1S/C16H33N3O2.C2H5P/c1-15(2,9-6-12-19-17)20-13-7-10-16(3,4)21-14-8-11-18-5;1-3-2/h17H,5-14H2,1-4H3;1H2,2H3. The molecule has 0 amide bonds. The van der Waals surface area contributed by atoms with Gasteiger partial charge < -0.3 is 14.5 Å². The molecule has 24 heavy (non-hydrogen) atoms. The lowest BCUT2D eigenvalue weighted by molar-refractivity contribution is -0.0510. The van der Waals surface area contributed by atoms with E-state index in [1.165, 1.54) is 8.20 Å². The maximum Gasteiger partial charge on any atom is 0.0627 e. The Bertz CT molecular complexity index is 334. The predicted octanol–water partition coefficient (Wildman–Crippen LogP) is 5.25. The molecular weight excluding hydrogens is 321 g/mol. The summed E-state index contributed by atoms with van der Waals surface area (Å²) in [7, 11) is 1.17. The fourth-order valence-corrected chi connectivity index (χ4v) is 2.10. The topological polar surface area (TPSA) is 67.0 Å². The van der Waals surface area contributed by atoms with Crippen molar-refractivity contribution in [3.63, 3.8) is 0 Å². The molecule has 1 N–H and O–H groups in total. The van der Waals surface area contributed by atoms with E-state index in [1.54, 1.807) is 0 Å². The van der Waals surface area contributed by atoms with Crippen molar-refractivity contribution in [3.05, 3.63) is 0 Å². The first-order valence-corrected chi connectivity index (χ1v) is 10.2. The van der Waals surface area contributed by atoms with E-state index in [9.17, 15) is 0 Å². The highest BCUT2D eigenvalue weighted by molar-refractivity contribution is 7.35. The summed E-state index contributed by atoms with van der Waals surface area (Å²) in [6.45, 7) is 16.7. The van der Waals surface area contributed by atoms with E-state index in [2.05, 4.69) is 50.8 Å². The van der Waals surface area contributed by atoms with Crippen LogP contribution in [-0.2, 0) is 9.47 Å². The summed E-state index contributed by atoms with van der Waals surface area (Å²) >= 11 is 0. The Morgan fingerprint density at radius 3 is 1.83 bits per heavy atom. The Hall–Kier alpha value is -0.640. The first kappa shape index (κ1) is 25.6. The number of aliphatic imine (C=N–C) groups is 1. The van der Waals surface area contributed by atoms with Crippen LogP contribution in [0.25, 0.3) is 0 Å². The molecule has 0 radical (unpaired) electrons. The van der Waals surface area contributed by atoms with Crippen LogP contribution in [0.1, 0.15) is 59.8 Å². The highest BCUT2D eigenvalue weighted by Gasteiger charge is 2.20. The first-order chi connectivity index (χ1) is 11.2. The molecule has 0 saturated heterocycles. The van der Waals surface area contributed by atoms with Crippen LogP contribution in [0, 0.1) is 5.53 Å². The number of rotatable bonds is 14. The molecular formula is C18H38N3O2P. The van der Waals surface area contributed by atoms with Gasteiger partial charge in [-0.15, -0.1) is 8.20 Å². The van der Waals surface area contributed by atoms with Crippen LogP contribution in [0.2, 0.25) is 0 Å². The lowest BCUT2D eigenvalue weighted by Crippen LogP contribution is -2.28. The Kier molecular flexibility index (Phi) is 16.9. The summed E-state index contributed by atoms with van der Waals surface area (Å²) in [5.41, 5.74) is 6.54. The number of hydrogen-bond donors (Lipinski definition) is 1. The molecule has 0 bridgehead atoms. The lowest BCUT2D eigenvalue weighted by atomic mass is 10.0. The zero-order valence-corrected chi connectivity index (χ0v) is 17.3. The van der Waals surface area contributed by atoms with Gasteiger partial charge in [-0.3, -0.25) is 0 Å². The minimum atomic E-state index is -0.134. The molecule has 0 fully saturated rings. The summed E-state index contributed by atoms with van der Waals surface area (Å²) in [6.07, 6.45) is 8.19. The van der Waals surface area contributed by atoms with Crippen molar-refractivity contribution in [2.75, 3.05) is 33.0 Å². The van der Waals surface area contributed by atoms with E-state index in [4.69, 9.17) is 15.0 Å². The molecule has 0 atom stereocenters. The molecule has 0 aromatic heterocycles. The van der Waals surface area contributed by atoms with Gasteiger partial charge in [-0.05, 0) is 73.2 Å². The quantitative estimate of drug-likeness (QED) is 0.199. The fourth-order valence-electron chi connectivity index (χ4n) is 2.10. The predicted molar refractivity (Wildman–Crippen MR) is 108 cm³/mol. The van der Waals surface area contributed by atoms with Gasteiger partial charge in [0.25, 0.3) is 0 Å². The van der Waals surface area contributed by atoms with Gasteiger partial charge in [0.1, 0.15) is 0 Å². The second-order valence-electron chi connectivity index (χ2n) is 6.92. The van der Waals surface area contributed by atoms with Crippen molar-refractivity contribution < 1.29 is 9.47 Å². The Morgan fingerprint density at radius 2 is 1.38 bits per heavy atom. The molecule has 0 aromatic rings. The molecule has 0 unspecified atom stereocenters. The molecule has 0 aliphatic rings. The van der Waals surface area contributed by atoms with Crippen LogP contribution in [0.5, 0.6) is 0 Å². The van der Waals surface area contributed by atoms with Crippen molar-refractivity contribution in [2.24, 2.45) is 10.1 Å². The minimum absolute atomic E-state index is 0.112. The molecule has 0 aliphatic heterocycles. The second kappa shape index (κ2) is 15.9. The molecule has 5 nitrogen and oxygen atoms in total.